The summed E-state index contributed by atoms with van der Waals surface area (Å²) in [5.41, 5.74) is 0.352. The van der Waals surface area contributed by atoms with Crippen molar-refractivity contribution in [2.45, 2.75) is 11.5 Å². The Morgan fingerprint density at radius 3 is 2.67 bits per heavy atom. The average Bonchev–Trinajstić information content (AvgIpc) is 2.91. The highest BCUT2D eigenvalue weighted by Crippen LogP contribution is 2.36. The van der Waals surface area contributed by atoms with Gasteiger partial charge in [-0.2, -0.15) is 0 Å². The van der Waals surface area contributed by atoms with Gasteiger partial charge in [-0.05, 0) is 49.4 Å². The number of hydrogen-bond donors (Lipinski definition) is 2. The number of methoxy groups -OCH3 is 1. The van der Waals surface area contributed by atoms with Crippen LogP contribution in [0.5, 0.6) is 5.75 Å². The number of thiophene rings is 1. The summed E-state index contributed by atoms with van der Waals surface area (Å²) < 4.78 is 33.7. The molecule has 1 heterocycles. The second-order valence-electron chi connectivity index (χ2n) is 3.94. The van der Waals surface area contributed by atoms with E-state index in [1.807, 2.05) is 0 Å². The number of sulfonamides is 1. The molecule has 9 heteroatoms. The summed E-state index contributed by atoms with van der Waals surface area (Å²) >= 11 is 7.81. The third-order valence-electron chi connectivity index (χ3n) is 2.62. The number of nitrogens with one attached hydrogen (secondary N) is 1. The molecule has 5 nitrogen and oxygen atoms in total. The lowest BCUT2D eigenvalue weighted by molar-refractivity contribution is 0.282. The maximum Gasteiger partial charge on any atom is 0.263 e. The van der Waals surface area contributed by atoms with E-state index in [4.69, 9.17) is 4.74 Å². The van der Waals surface area contributed by atoms with Gasteiger partial charge in [-0.1, -0.05) is 0 Å². The maximum absolute atomic E-state index is 12.4. The molecule has 0 unspecified atom stereocenters. The molecule has 2 N–H and O–H groups in total. The molecule has 2 rings (SSSR count). The summed E-state index contributed by atoms with van der Waals surface area (Å²) in [5, 5.41) is 10.8. The summed E-state index contributed by atoms with van der Waals surface area (Å²) in [6.45, 7) is -0.321. The van der Waals surface area contributed by atoms with Gasteiger partial charge in [-0.25, -0.2) is 8.42 Å². The molecule has 0 aliphatic heterocycles. The Morgan fingerprint density at radius 1 is 1.33 bits per heavy atom. The van der Waals surface area contributed by atoms with Crippen LogP contribution in [0.3, 0.4) is 0 Å². The first-order chi connectivity index (χ1) is 9.89. The molecule has 21 heavy (non-hydrogen) atoms. The molecular weight excluding hydrogens is 446 g/mol. The van der Waals surface area contributed by atoms with Crippen LogP contribution >= 0.6 is 43.2 Å². The summed E-state index contributed by atoms with van der Waals surface area (Å²) in [6.07, 6.45) is 0. The van der Waals surface area contributed by atoms with Crippen LogP contribution in [0, 0.1) is 0 Å². The first-order valence-corrected chi connectivity index (χ1v) is 9.57. The van der Waals surface area contributed by atoms with Crippen LogP contribution in [0.1, 0.15) is 4.88 Å². The normalized spacial score (nSPS) is 11.4. The van der Waals surface area contributed by atoms with E-state index < -0.39 is 10.0 Å². The predicted octanol–water partition coefficient (Wildman–Crippen LogP) is 3.57. The number of aliphatic hydroxyl groups is 1. The second-order valence-corrected chi connectivity index (χ2v) is 8.30. The van der Waals surface area contributed by atoms with Gasteiger partial charge in [0.15, 0.2) is 0 Å². The van der Waals surface area contributed by atoms with Gasteiger partial charge < -0.3 is 9.84 Å². The van der Waals surface area contributed by atoms with Gasteiger partial charge >= 0.3 is 0 Å². The number of benzene rings is 1. The highest BCUT2D eigenvalue weighted by Gasteiger charge is 2.21. The molecule has 2 aromatic rings. The van der Waals surface area contributed by atoms with E-state index >= 15 is 0 Å². The van der Waals surface area contributed by atoms with Crippen molar-refractivity contribution >= 4 is 58.9 Å². The van der Waals surface area contributed by atoms with Gasteiger partial charge in [-0.3, -0.25) is 4.72 Å². The minimum Gasteiger partial charge on any atom is -0.495 e. The van der Waals surface area contributed by atoms with Gasteiger partial charge in [0.2, 0.25) is 0 Å². The molecule has 0 amide bonds. The summed E-state index contributed by atoms with van der Waals surface area (Å²) in [5.74, 6) is 0.503. The van der Waals surface area contributed by atoms with E-state index in [2.05, 4.69) is 36.6 Å². The monoisotopic (exact) mass is 455 g/mol. The van der Waals surface area contributed by atoms with E-state index in [0.717, 1.165) is 0 Å². The van der Waals surface area contributed by atoms with Gasteiger partial charge in [0.1, 0.15) is 10.6 Å². The van der Waals surface area contributed by atoms with E-state index in [1.165, 1.54) is 24.5 Å². The Labute approximate surface area is 143 Å². The Morgan fingerprint density at radius 2 is 2.05 bits per heavy atom. The minimum absolute atomic E-state index is 0.0729. The molecular formula is C12H11Br2NO4S2. The summed E-state index contributed by atoms with van der Waals surface area (Å²) in [6, 6.07) is 4.72. The van der Waals surface area contributed by atoms with Crippen LogP contribution in [0.2, 0.25) is 0 Å². The molecule has 114 valence electrons. The average molecular weight is 457 g/mol. The molecule has 0 bridgehead atoms. The van der Waals surface area contributed by atoms with Crippen molar-refractivity contribution in [1.82, 2.24) is 0 Å². The zero-order valence-corrected chi connectivity index (χ0v) is 15.6. The van der Waals surface area contributed by atoms with Crippen molar-refractivity contribution in [2.75, 3.05) is 11.8 Å². The second kappa shape index (κ2) is 6.66. The topological polar surface area (TPSA) is 75.6 Å². The van der Waals surface area contributed by atoms with Gasteiger partial charge in [0.25, 0.3) is 10.0 Å². The molecule has 0 atom stereocenters. The summed E-state index contributed by atoms with van der Waals surface area (Å²) in [7, 11) is -2.28. The maximum atomic E-state index is 12.4. The molecule has 0 radical (unpaired) electrons. The van der Waals surface area contributed by atoms with Crippen molar-refractivity contribution in [1.29, 1.82) is 0 Å². The number of aliphatic hydroxyl groups excluding tert-OH is 1. The Hall–Kier alpha value is -0.610. The number of halogens is 2. The van der Waals surface area contributed by atoms with Crippen LogP contribution < -0.4 is 9.46 Å². The fourth-order valence-corrected chi connectivity index (χ4v) is 5.40. The van der Waals surface area contributed by atoms with E-state index in [-0.39, 0.29) is 11.5 Å². The Kier molecular flexibility index (Phi) is 5.31. The van der Waals surface area contributed by atoms with E-state index in [0.29, 0.717) is 25.3 Å². The predicted molar refractivity (Wildman–Crippen MR) is 89.4 cm³/mol. The number of rotatable bonds is 5. The summed E-state index contributed by atoms with van der Waals surface area (Å²) in [4.78, 5) is 0.464. The molecule has 0 saturated carbocycles. The number of hydrogen-bond acceptors (Lipinski definition) is 5. The smallest absolute Gasteiger partial charge is 0.263 e. The minimum atomic E-state index is -3.77. The first-order valence-electron chi connectivity index (χ1n) is 5.62. The van der Waals surface area contributed by atoms with Crippen LogP contribution in [-0.4, -0.2) is 20.6 Å². The van der Waals surface area contributed by atoms with Crippen molar-refractivity contribution in [2.24, 2.45) is 0 Å². The third kappa shape index (κ3) is 3.59. The van der Waals surface area contributed by atoms with Crippen LogP contribution in [0.25, 0.3) is 0 Å². The van der Waals surface area contributed by atoms with Gasteiger partial charge in [-0.15, -0.1) is 11.3 Å². The first kappa shape index (κ1) is 16.8. The molecule has 1 aromatic heterocycles. The Balaban J connectivity index is 2.42. The van der Waals surface area contributed by atoms with Crippen molar-refractivity contribution < 1.29 is 18.3 Å². The Bertz CT molecular complexity index is 759. The SMILES string of the molecule is COc1cc(NS(=O)(=O)c2ccsc2CO)c(Br)cc1Br. The molecule has 0 fully saturated rings. The van der Waals surface area contributed by atoms with E-state index in [1.54, 1.807) is 17.5 Å². The third-order valence-corrected chi connectivity index (χ3v) is 6.38. The highest BCUT2D eigenvalue weighted by molar-refractivity contribution is 9.11. The zero-order valence-electron chi connectivity index (χ0n) is 10.8. The lowest BCUT2D eigenvalue weighted by atomic mass is 10.3. The van der Waals surface area contributed by atoms with Crippen LogP contribution in [-0.2, 0) is 16.6 Å². The fourth-order valence-electron chi connectivity index (χ4n) is 1.65. The zero-order chi connectivity index (χ0) is 15.6. The fraction of sp³-hybridized carbons (Fsp3) is 0.167. The van der Waals surface area contributed by atoms with Crippen molar-refractivity contribution in [3.8, 4) is 5.75 Å². The molecule has 0 spiro atoms. The quantitative estimate of drug-likeness (QED) is 0.720. The van der Waals surface area contributed by atoms with E-state index in [9.17, 15) is 13.5 Å². The lowest BCUT2D eigenvalue weighted by Crippen LogP contribution is -2.14. The highest BCUT2D eigenvalue weighted by atomic mass is 79.9. The lowest BCUT2D eigenvalue weighted by Gasteiger charge is -2.12. The number of anilines is 1. The standard InChI is InChI=1S/C12H11Br2NO4S2/c1-19-10-5-9(7(13)4-8(10)14)15-21(17,18)12-2-3-20-11(12)6-16/h2-5,15-16H,6H2,1H3. The molecule has 0 aliphatic rings. The van der Waals surface area contributed by atoms with Gasteiger partial charge in [0, 0.05) is 10.5 Å². The number of ether oxygens (including phenoxy) is 1. The van der Waals surface area contributed by atoms with Gasteiger partial charge in [0.05, 0.1) is 28.8 Å². The largest absolute Gasteiger partial charge is 0.495 e. The van der Waals surface area contributed by atoms with Crippen LogP contribution in [0.15, 0.2) is 37.4 Å². The molecule has 1 aromatic carbocycles. The van der Waals surface area contributed by atoms with Crippen molar-refractivity contribution in [3.05, 3.63) is 37.4 Å². The molecule has 0 aliphatic carbocycles. The molecule has 0 saturated heterocycles. The van der Waals surface area contributed by atoms with Crippen molar-refractivity contribution in [3.63, 3.8) is 0 Å². The van der Waals surface area contributed by atoms with Crippen LogP contribution in [0.4, 0.5) is 5.69 Å².